The van der Waals surface area contributed by atoms with Crippen molar-refractivity contribution in [2.75, 3.05) is 32.2 Å². The molecule has 3 aromatic carbocycles. The lowest BCUT2D eigenvalue weighted by molar-refractivity contribution is -0.118. The molecular weight excluding hydrogens is 440 g/mol. The van der Waals surface area contributed by atoms with Crippen LogP contribution in [0.5, 0.6) is 5.75 Å². The van der Waals surface area contributed by atoms with E-state index >= 15 is 0 Å². The van der Waals surface area contributed by atoms with Gasteiger partial charge >= 0.3 is 5.97 Å². The number of amides is 1. The number of para-hydroxylation sites is 1. The van der Waals surface area contributed by atoms with Crippen molar-refractivity contribution < 1.29 is 19.1 Å². The van der Waals surface area contributed by atoms with Crippen molar-refractivity contribution in [3.05, 3.63) is 95.1 Å². The van der Waals surface area contributed by atoms with Crippen LogP contribution in [0.25, 0.3) is 0 Å². The smallest absolute Gasteiger partial charge is 0.337 e. The monoisotopic (exact) mass is 470 g/mol. The summed E-state index contributed by atoms with van der Waals surface area (Å²) in [6.07, 6.45) is 2.54. The van der Waals surface area contributed by atoms with Gasteiger partial charge in [-0.3, -0.25) is 4.79 Å². The van der Waals surface area contributed by atoms with E-state index < -0.39 is 0 Å². The fourth-order valence-electron chi connectivity index (χ4n) is 5.05. The van der Waals surface area contributed by atoms with Gasteiger partial charge in [-0.1, -0.05) is 42.5 Å². The molecule has 1 aliphatic carbocycles. The lowest BCUT2D eigenvalue weighted by Crippen LogP contribution is -2.35. The number of rotatable bonds is 8. The second kappa shape index (κ2) is 9.55. The van der Waals surface area contributed by atoms with Crippen LogP contribution >= 0.6 is 0 Å². The van der Waals surface area contributed by atoms with Crippen molar-refractivity contribution in [2.45, 2.75) is 30.7 Å². The molecule has 0 bridgehead atoms. The molecule has 2 aliphatic rings. The van der Waals surface area contributed by atoms with Gasteiger partial charge in [0.05, 0.1) is 19.8 Å². The summed E-state index contributed by atoms with van der Waals surface area (Å²) < 4.78 is 10.2. The molecule has 1 fully saturated rings. The average molecular weight is 471 g/mol. The first-order valence-corrected chi connectivity index (χ1v) is 12.0. The highest BCUT2D eigenvalue weighted by molar-refractivity contribution is 5.96. The molecule has 5 rings (SSSR count). The Balaban J connectivity index is 1.26. The third-order valence-corrected chi connectivity index (χ3v) is 7.18. The summed E-state index contributed by atoms with van der Waals surface area (Å²) in [6, 6.07) is 23.7. The number of carbonyl (C=O) groups is 2. The van der Waals surface area contributed by atoms with Gasteiger partial charge < -0.3 is 19.7 Å². The maximum absolute atomic E-state index is 13.3. The average Bonchev–Trinajstić information content (AvgIpc) is 3.60. The molecule has 1 aliphatic heterocycles. The minimum Gasteiger partial charge on any atom is -0.497 e. The second-order valence-electron chi connectivity index (χ2n) is 9.22. The number of anilines is 1. The minimum absolute atomic E-state index is 0.0539. The van der Waals surface area contributed by atoms with Gasteiger partial charge in [0, 0.05) is 36.7 Å². The van der Waals surface area contributed by atoms with Gasteiger partial charge in [0.1, 0.15) is 5.75 Å². The van der Waals surface area contributed by atoms with E-state index in [0.717, 1.165) is 35.4 Å². The first kappa shape index (κ1) is 23.1. The Bertz CT molecular complexity index is 1230. The Kier molecular flexibility index (Phi) is 6.31. The fraction of sp³-hybridized carbons (Fsp3) is 0.310. The van der Waals surface area contributed by atoms with E-state index in [1.807, 2.05) is 47.4 Å². The number of esters is 1. The molecule has 0 radical (unpaired) electrons. The summed E-state index contributed by atoms with van der Waals surface area (Å²) in [7, 11) is 3.06. The number of hydrogen-bond acceptors (Lipinski definition) is 5. The summed E-state index contributed by atoms with van der Waals surface area (Å²) >= 11 is 0. The van der Waals surface area contributed by atoms with E-state index in [1.54, 1.807) is 19.2 Å². The molecule has 1 saturated carbocycles. The van der Waals surface area contributed by atoms with Gasteiger partial charge in [-0.25, -0.2) is 4.79 Å². The van der Waals surface area contributed by atoms with E-state index in [-0.39, 0.29) is 23.3 Å². The Labute approximate surface area is 205 Å². The highest BCUT2D eigenvalue weighted by atomic mass is 16.5. The standard InChI is InChI=1S/C29H30N2O4/c1-34-23-7-5-6-22(18-23)29(15-16-29)30-17-14-27(32)31-19-25(24-8-3-4-9-26(24)31)20-10-12-21(13-11-20)28(33)35-2/h3-13,18,25,30H,14-17,19H2,1-2H3. The number of ether oxygens (including phenoxy) is 2. The van der Waals surface area contributed by atoms with Gasteiger partial charge in [-0.05, 0) is 59.9 Å². The molecular formula is C29H30N2O4. The van der Waals surface area contributed by atoms with Gasteiger partial charge in [-0.15, -0.1) is 0 Å². The molecule has 1 amide bonds. The number of carbonyl (C=O) groups excluding carboxylic acids is 2. The third-order valence-electron chi connectivity index (χ3n) is 7.18. The summed E-state index contributed by atoms with van der Waals surface area (Å²) in [5.74, 6) is 0.683. The van der Waals surface area contributed by atoms with Crippen molar-refractivity contribution in [2.24, 2.45) is 0 Å². The molecule has 0 spiro atoms. The number of methoxy groups -OCH3 is 2. The maximum Gasteiger partial charge on any atom is 0.337 e. The van der Waals surface area contributed by atoms with Crippen LogP contribution in [-0.2, 0) is 15.1 Å². The molecule has 3 aromatic rings. The van der Waals surface area contributed by atoms with Crippen LogP contribution in [0.2, 0.25) is 0 Å². The Hall–Kier alpha value is -3.64. The minimum atomic E-state index is -0.352. The summed E-state index contributed by atoms with van der Waals surface area (Å²) in [4.78, 5) is 27.0. The summed E-state index contributed by atoms with van der Waals surface area (Å²) in [5, 5.41) is 3.63. The van der Waals surface area contributed by atoms with E-state index in [2.05, 4.69) is 23.5 Å². The first-order valence-electron chi connectivity index (χ1n) is 12.0. The molecule has 180 valence electrons. The molecule has 0 saturated heterocycles. The van der Waals surface area contributed by atoms with Crippen molar-refractivity contribution in [3.8, 4) is 5.75 Å². The van der Waals surface area contributed by atoms with Crippen LogP contribution in [0.4, 0.5) is 5.69 Å². The van der Waals surface area contributed by atoms with Gasteiger partial charge in [0.2, 0.25) is 5.91 Å². The Morgan fingerprint density at radius 3 is 2.49 bits per heavy atom. The lowest BCUT2D eigenvalue weighted by Gasteiger charge is -2.21. The number of fused-ring (bicyclic) bond motifs is 1. The number of hydrogen-bond donors (Lipinski definition) is 1. The number of benzene rings is 3. The zero-order valence-electron chi connectivity index (χ0n) is 20.1. The predicted octanol–water partition coefficient (Wildman–Crippen LogP) is 4.63. The summed E-state index contributed by atoms with van der Waals surface area (Å²) in [6.45, 7) is 1.21. The van der Waals surface area contributed by atoms with Crippen LogP contribution in [-0.4, -0.2) is 39.2 Å². The predicted molar refractivity (Wildman–Crippen MR) is 135 cm³/mol. The van der Waals surface area contributed by atoms with Crippen LogP contribution in [0, 0.1) is 0 Å². The first-order chi connectivity index (χ1) is 17.0. The molecule has 1 unspecified atom stereocenters. The molecule has 6 nitrogen and oxygen atoms in total. The van der Waals surface area contributed by atoms with Crippen LogP contribution in [0.1, 0.15) is 52.2 Å². The summed E-state index contributed by atoms with van der Waals surface area (Å²) in [5.41, 5.74) is 4.86. The SMILES string of the molecule is COC(=O)c1ccc(C2CN(C(=O)CCNC3(c4cccc(OC)c4)CC3)c3ccccc32)cc1. The van der Waals surface area contributed by atoms with E-state index in [4.69, 9.17) is 9.47 Å². The molecule has 1 atom stereocenters. The Morgan fingerprint density at radius 2 is 1.77 bits per heavy atom. The van der Waals surface area contributed by atoms with Gasteiger partial charge in [-0.2, -0.15) is 0 Å². The molecule has 0 aromatic heterocycles. The number of nitrogens with zero attached hydrogens (tertiary/aromatic N) is 1. The zero-order valence-corrected chi connectivity index (χ0v) is 20.1. The maximum atomic E-state index is 13.3. The fourth-order valence-corrected chi connectivity index (χ4v) is 5.05. The normalized spacial score (nSPS) is 17.5. The van der Waals surface area contributed by atoms with Crippen molar-refractivity contribution in [1.29, 1.82) is 0 Å². The highest BCUT2D eigenvalue weighted by Crippen LogP contribution is 2.46. The van der Waals surface area contributed by atoms with Crippen molar-refractivity contribution in [1.82, 2.24) is 5.32 Å². The van der Waals surface area contributed by atoms with E-state index in [0.29, 0.717) is 25.1 Å². The van der Waals surface area contributed by atoms with Crippen molar-refractivity contribution >= 4 is 17.6 Å². The van der Waals surface area contributed by atoms with Crippen LogP contribution in [0.15, 0.2) is 72.8 Å². The molecule has 1 N–H and O–H groups in total. The third kappa shape index (κ3) is 4.54. The van der Waals surface area contributed by atoms with Gasteiger partial charge in [0.25, 0.3) is 0 Å². The highest BCUT2D eigenvalue weighted by Gasteiger charge is 2.44. The van der Waals surface area contributed by atoms with E-state index in [9.17, 15) is 9.59 Å². The van der Waals surface area contributed by atoms with E-state index in [1.165, 1.54) is 12.7 Å². The quantitative estimate of drug-likeness (QED) is 0.486. The van der Waals surface area contributed by atoms with Crippen LogP contribution in [0.3, 0.4) is 0 Å². The Morgan fingerprint density at radius 1 is 1.00 bits per heavy atom. The largest absolute Gasteiger partial charge is 0.497 e. The van der Waals surface area contributed by atoms with Gasteiger partial charge in [0.15, 0.2) is 0 Å². The topological polar surface area (TPSA) is 67.9 Å². The zero-order chi connectivity index (χ0) is 24.4. The van der Waals surface area contributed by atoms with Crippen molar-refractivity contribution in [3.63, 3.8) is 0 Å². The molecule has 1 heterocycles. The number of nitrogens with one attached hydrogen (secondary N) is 1. The van der Waals surface area contributed by atoms with Crippen LogP contribution < -0.4 is 15.0 Å². The molecule has 6 heteroatoms. The molecule has 35 heavy (non-hydrogen) atoms. The lowest BCUT2D eigenvalue weighted by atomic mass is 9.92. The second-order valence-corrected chi connectivity index (χ2v) is 9.22.